The van der Waals surface area contributed by atoms with Crippen molar-refractivity contribution in [3.05, 3.63) is 45.2 Å². The number of nitrogens with zero attached hydrogens (tertiary/aromatic N) is 3. The first-order valence-electron chi connectivity index (χ1n) is 4.86. The summed E-state index contributed by atoms with van der Waals surface area (Å²) in [6.07, 6.45) is 1.05. The lowest BCUT2D eigenvalue weighted by molar-refractivity contribution is -0.384. The molecule has 0 amide bonds. The van der Waals surface area contributed by atoms with Gasteiger partial charge in [0.2, 0.25) is 5.69 Å². The second kappa shape index (κ2) is 4.58. The highest BCUT2D eigenvalue weighted by atomic mass is 35.5. The molecule has 0 aliphatic rings. The van der Waals surface area contributed by atoms with Crippen LogP contribution in [0.1, 0.15) is 10.5 Å². The maximum Gasteiger partial charge on any atom is 0.360 e. The van der Waals surface area contributed by atoms with Crippen LogP contribution in [0.3, 0.4) is 0 Å². The zero-order valence-corrected chi connectivity index (χ0v) is 9.90. The third-order valence-corrected chi connectivity index (χ3v) is 2.59. The van der Waals surface area contributed by atoms with Crippen molar-refractivity contribution in [2.24, 2.45) is 0 Å². The Morgan fingerprint density at radius 3 is 2.63 bits per heavy atom. The Bertz CT molecular complexity index is 682. The zero-order chi connectivity index (χ0) is 14.2. The smallest absolute Gasteiger partial charge is 0.360 e. The van der Waals surface area contributed by atoms with Gasteiger partial charge in [-0.25, -0.2) is 9.48 Å². The number of aromatic carboxylic acids is 1. The number of carbonyl (C=O) groups is 1. The molecule has 98 valence electrons. The summed E-state index contributed by atoms with van der Waals surface area (Å²) in [4.78, 5) is 20.7. The van der Waals surface area contributed by atoms with E-state index in [9.17, 15) is 20.0 Å². The Balaban J connectivity index is 2.50. The van der Waals surface area contributed by atoms with Crippen LogP contribution in [0.2, 0.25) is 5.02 Å². The van der Waals surface area contributed by atoms with Gasteiger partial charge in [0.05, 0.1) is 21.8 Å². The van der Waals surface area contributed by atoms with E-state index in [0.29, 0.717) is 0 Å². The fraction of sp³-hybridized carbons (Fsp3) is 0. The van der Waals surface area contributed by atoms with Gasteiger partial charge in [-0.05, 0) is 6.07 Å². The van der Waals surface area contributed by atoms with Crippen LogP contribution in [0.15, 0.2) is 24.4 Å². The van der Waals surface area contributed by atoms with Crippen molar-refractivity contribution in [1.29, 1.82) is 0 Å². The van der Waals surface area contributed by atoms with E-state index in [1.165, 1.54) is 12.1 Å². The lowest BCUT2D eigenvalue weighted by Crippen LogP contribution is -2.02. The van der Waals surface area contributed by atoms with Crippen molar-refractivity contribution in [1.82, 2.24) is 9.78 Å². The van der Waals surface area contributed by atoms with Gasteiger partial charge < -0.3 is 10.2 Å². The van der Waals surface area contributed by atoms with E-state index in [4.69, 9.17) is 16.7 Å². The summed E-state index contributed by atoms with van der Waals surface area (Å²) in [5.74, 6) is -1.92. The number of carboxylic acid groups (broad SMARTS) is 1. The highest BCUT2D eigenvalue weighted by Gasteiger charge is 2.18. The standard InChI is InChI=1S/C10H6ClN3O5/c11-6-3-5(14(18)19)1-2-7(6)13-4-8(15)9(12-13)10(16)17/h1-4,15H,(H,16,17). The molecule has 0 aliphatic carbocycles. The van der Waals surface area contributed by atoms with Crippen molar-refractivity contribution in [3.63, 3.8) is 0 Å². The summed E-state index contributed by atoms with van der Waals surface area (Å²) < 4.78 is 1.03. The number of benzene rings is 1. The summed E-state index contributed by atoms with van der Waals surface area (Å²) in [5.41, 5.74) is -0.520. The van der Waals surface area contributed by atoms with E-state index in [1.54, 1.807) is 0 Å². The van der Waals surface area contributed by atoms with Crippen LogP contribution in [-0.4, -0.2) is 30.9 Å². The van der Waals surface area contributed by atoms with Crippen LogP contribution >= 0.6 is 11.6 Å². The lowest BCUT2D eigenvalue weighted by Gasteiger charge is -2.03. The number of nitro benzene ring substituents is 1. The number of aromatic nitrogens is 2. The monoisotopic (exact) mass is 283 g/mol. The van der Waals surface area contributed by atoms with E-state index in [1.807, 2.05) is 0 Å². The Kier molecular flexibility index (Phi) is 3.09. The van der Waals surface area contributed by atoms with Crippen molar-refractivity contribution < 1.29 is 19.9 Å². The Hall–Kier alpha value is -2.61. The molecular formula is C10H6ClN3O5. The highest BCUT2D eigenvalue weighted by Crippen LogP contribution is 2.27. The van der Waals surface area contributed by atoms with Crippen molar-refractivity contribution in [2.45, 2.75) is 0 Å². The number of rotatable bonds is 3. The number of hydrogen-bond acceptors (Lipinski definition) is 5. The molecule has 2 N–H and O–H groups in total. The van der Waals surface area contributed by atoms with Crippen LogP contribution in [0, 0.1) is 10.1 Å². The minimum Gasteiger partial charge on any atom is -0.504 e. The number of halogens is 1. The van der Waals surface area contributed by atoms with Gasteiger partial charge in [-0.2, -0.15) is 5.10 Å². The van der Waals surface area contributed by atoms with Gasteiger partial charge in [0.25, 0.3) is 5.69 Å². The minimum absolute atomic E-state index is 0.00800. The quantitative estimate of drug-likeness (QED) is 0.655. The average Bonchev–Trinajstić information content (AvgIpc) is 2.71. The number of non-ortho nitro benzene ring substituents is 1. The molecule has 0 bridgehead atoms. The van der Waals surface area contributed by atoms with Crippen LogP contribution < -0.4 is 0 Å². The predicted molar refractivity (Wildman–Crippen MR) is 63.9 cm³/mol. The van der Waals surface area contributed by atoms with Gasteiger partial charge in [-0.15, -0.1) is 0 Å². The van der Waals surface area contributed by atoms with Gasteiger partial charge in [-0.3, -0.25) is 10.1 Å². The number of carboxylic acids is 1. The third-order valence-electron chi connectivity index (χ3n) is 2.29. The summed E-state index contributed by atoms with van der Waals surface area (Å²) in [7, 11) is 0. The van der Waals surface area contributed by atoms with Gasteiger partial charge in [0, 0.05) is 12.1 Å². The van der Waals surface area contributed by atoms with Crippen LogP contribution in [0.5, 0.6) is 5.75 Å². The number of nitro groups is 1. The molecule has 9 heteroatoms. The topological polar surface area (TPSA) is 118 Å². The van der Waals surface area contributed by atoms with Crippen LogP contribution in [0.25, 0.3) is 5.69 Å². The molecule has 0 atom stereocenters. The molecule has 1 aromatic heterocycles. The molecule has 0 saturated carbocycles. The van der Waals surface area contributed by atoms with E-state index < -0.39 is 22.3 Å². The first kappa shape index (κ1) is 12.8. The van der Waals surface area contributed by atoms with E-state index in [0.717, 1.165) is 16.9 Å². The normalized spacial score (nSPS) is 10.4. The first-order chi connectivity index (χ1) is 8.90. The largest absolute Gasteiger partial charge is 0.504 e. The number of hydrogen-bond donors (Lipinski definition) is 2. The van der Waals surface area contributed by atoms with Crippen LogP contribution in [-0.2, 0) is 0 Å². The van der Waals surface area contributed by atoms with Crippen molar-refractivity contribution in [3.8, 4) is 11.4 Å². The lowest BCUT2D eigenvalue weighted by atomic mass is 10.3. The van der Waals surface area contributed by atoms with Crippen LogP contribution in [0.4, 0.5) is 5.69 Å². The zero-order valence-electron chi connectivity index (χ0n) is 9.15. The summed E-state index contributed by atoms with van der Waals surface area (Å²) in [6.45, 7) is 0. The average molecular weight is 284 g/mol. The second-order valence-corrected chi connectivity index (χ2v) is 3.91. The Labute approximate surface area is 110 Å². The molecule has 0 fully saturated rings. The maximum atomic E-state index is 10.7. The maximum absolute atomic E-state index is 10.7. The predicted octanol–water partition coefficient (Wildman–Crippen LogP) is 1.84. The molecule has 1 aromatic carbocycles. The fourth-order valence-electron chi connectivity index (χ4n) is 1.44. The van der Waals surface area contributed by atoms with E-state index in [-0.39, 0.29) is 16.4 Å². The van der Waals surface area contributed by atoms with Crippen molar-refractivity contribution in [2.75, 3.05) is 0 Å². The summed E-state index contributed by atoms with van der Waals surface area (Å²) in [5, 5.41) is 32.3. The van der Waals surface area contributed by atoms with Crippen molar-refractivity contribution >= 4 is 23.3 Å². The molecule has 8 nitrogen and oxygen atoms in total. The molecule has 2 rings (SSSR count). The summed E-state index contributed by atoms with van der Waals surface area (Å²) >= 11 is 5.85. The molecule has 0 radical (unpaired) electrons. The van der Waals surface area contributed by atoms with E-state index in [2.05, 4.69) is 5.10 Å². The molecule has 19 heavy (non-hydrogen) atoms. The molecule has 0 unspecified atom stereocenters. The van der Waals surface area contributed by atoms with Gasteiger partial charge in [0.1, 0.15) is 0 Å². The van der Waals surface area contributed by atoms with Gasteiger partial charge in [0.15, 0.2) is 5.75 Å². The molecular weight excluding hydrogens is 278 g/mol. The second-order valence-electron chi connectivity index (χ2n) is 3.51. The SMILES string of the molecule is O=C(O)c1nn(-c2ccc([N+](=O)[O-])cc2Cl)cc1O. The highest BCUT2D eigenvalue weighted by molar-refractivity contribution is 6.32. The number of aromatic hydroxyl groups is 1. The molecule has 0 spiro atoms. The molecule has 0 aliphatic heterocycles. The molecule has 1 heterocycles. The Morgan fingerprint density at radius 1 is 1.47 bits per heavy atom. The molecule has 0 saturated heterocycles. The third kappa shape index (κ3) is 2.33. The van der Waals surface area contributed by atoms with Gasteiger partial charge >= 0.3 is 5.97 Å². The van der Waals surface area contributed by atoms with Gasteiger partial charge in [-0.1, -0.05) is 11.6 Å². The fourth-order valence-corrected chi connectivity index (χ4v) is 1.70. The summed E-state index contributed by atoms with van der Waals surface area (Å²) in [6, 6.07) is 3.61. The Morgan fingerprint density at radius 2 is 2.16 bits per heavy atom. The molecule has 2 aromatic rings. The first-order valence-corrected chi connectivity index (χ1v) is 5.24. The minimum atomic E-state index is -1.39. The van der Waals surface area contributed by atoms with E-state index >= 15 is 0 Å².